The largest absolute Gasteiger partial charge is 0.496 e. The maximum absolute atomic E-state index is 12.3. The molecule has 0 radical (unpaired) electrons. The zero-order valence-electron chi connectivity index (χ0n) is 22.2. The zero-order chi connectivity index (χ0) is 29.7. The van der Waals surface area contributed by atoms with E-state index < -0.39 is 27.2 Å². The summed E-state index contributed by atoms with van der Waals surface area (Å²) in [7, 11) is 3.14. The minimum Gasteiger partial charge on any atom is -0.496 e. The van der Waals surface area contributed by atoms with Crippen LogP contribution in [0.3, 0.4) is 0 Å². The first-order valence-electron chi connectivity index (χ1n) is 11.9. The van der Waals surface area contributed by atoms with Crippen LogP contribution in [0, 0.1) is 20.2 Å². The van der Waals surface area contributed by atoms with E-state index in [9.17, 15) is 25.0 Å². The van der Waals surface area contributed by atoms with Crippen molar-refractivity contribution in [2.75, 3.05) is 14.2 Å². The van der Waals surface area contributed by atoms with Crippen molar-refractivity contribution in [2.24, 2.45) is 0 Å². The third-order valence-corrected chi connectivity index (χ3v) is 5.69. The normalized spacial score (nSPS) is 9.97. The molecule has 1 N–H and O–H groups in total. The minimum absolute atomic E-state index is 0.0420. The summed E-state index contributed by atoms with van der Waals surface area (Å²) in [6.07, 6.45) is 4.68. The Balaban J connectivity index is 0.000000360. The van der Waals surface area contributed by atoms with Crippen LogP contribution in [-0.4, -0.2) is 35.1 Å². The van der Waals surface area contributed by atoms with E-state index in [4.69, 9.17) is 19.3 Å². The number of carbonyl (C=O) groups excluding carboxylic acids is 1. The van der Waals surface area contributed by atoms with Gasteiger partial charge in [0.25, 0.3) is 11.4 Å². The lowest BCUT2D eigenvalue weighted by atomic mass is 10.0. The Morgan fingerprint density at radius 1 is 0.850 bits per heavy atom. The number of nitro benzene ring substituents is 2. The van der Waals surface area contributed by atoms with Gasteiger partial charge in [-0.05, 0) is 36.1 Å². The smallest absolute Gasteiger partial charge is 0.338 e. The number of hydrogen-bond acceptors (Lipinski definition) is 9. The van der Waals surface area contributed by atoms with Gasteiger partial charge in [0.1, 0.15) is 18.1 Å². The lowest BCUT2D eigenvalue weighted by molar-refractivity contribution is -0.394. The third-order valence-electron chi connectivity index (χ3n) is 5.69. The van der Waals surface area contributed by atoms with E-state index in [1.165, 1.54) is 7.11 Å². The lowest BCUT2D eigenvalue weighted by Gasteiger charge is -2.13. The first-order valence-corrected chi connectivity index (χ1v) is 11.9. The van der Waals surface area contributed by atoms with Crippen LogP contribution < -0.4 is 9.47 Å². The average molecular weight is 551 g/mol. The Morgan fingerprint density at radius 3 is 1.75 bits per heavy atom. The number of rotatable bonds is 12. The molecule has 0 fully saturated rings. The number of aliphatic hydroxyl groups excluding tert-OH is 1. The summed E-state index contributed by atoms with van der Waals surface area (Å²) < 4.78 is 15.7. The standard InChI is InChI=1S/C18H16N2O7.C11H14O2/c1-3-5-16-12(6-4-7-17(16)26-2)11-27-18(21)13-8-14(19(22)23)10-15(9-13)20(24)25;1-3-5-10-9(8-12)6-4-7-11(10)13-2/h3-4,6-10H,1,5,11H2,2H3;3-4,6-7,12H,1,5,8H2,2H3. The van der Waals surface area contributed by atoms with Gasteiger partial charge in [0.15, 0.2) is 0 Å². The Bertz CT molecular complexity index is 1330. The van der Waals surface area contributed by atoms with Gasteiger partial charge in [-0.25, -0.2) is 4.79 Å². The van der Waals surface area contributed by atoms with E-state index in [1.54, 1.807) is 37.5 Å². The van der Waals surface area contributed by atoms with E-state index in [0.717, 1.165) is 47.1 Å². The molecule has 11 nitrogen and oxygen atoms in total. The monoisotopic (exact) mass is 550 g/mol. The minimum atomic E-state index is -0.908. The summed E-state index contributed by atoms with van der Waals surface area (Å²) in [5.41, 5.74) is 1.97. The molecular formula is C29H30N2O9. The highest BCUT2D eigenvalue weighted by molar-refractivity contribution is 5.91. The second kappa shape index (κ2) is 15.4. The molecule has 0 bridgehead atoms. The number of nitrogens with zero attached hydrogens (tertiary/aromatic N) is 2. The number of benzene rings is 3. The van der Waals surface area contributed by atoms with E-state index >= 15 is 0 Å². The van der Waals surface area contributed by atoms with Crippen LogP contribution in [0.2, 0.25) is 0 Å². The quantitative estimate of drug-likeness (QED) is 0.133. The van der Waals surface area contributed by atoms with E-state index in [0.29, 0.717) is 17.7 Å². The molecule has 0 atom stereocenters. The van der Waals surface area contributed by atoms with Gasteiger partial charge in [0.05, 0.1) is 42.3 Å². The van der Waals surface area contributed by atoms with Crippen molar-refractivity contribution in [1.29, 1.82) is 0 Å². The van der Waals surface area contributed by atoms with Crippen LogP contribution in [0.1, 0.15) is 32.6 Å². The zero-order valence-corrected chi connectivity index (χ0v) is 22.2. The summed E-state index contributed by atoms with van der Waals surface area (Å²) >= 11 is 0. The Hall–Kier alpha value is -5.03. The summed E-state index contributed by atoms with van der Waals surface area (Å²) in [5.74, 6) is 0.509. The number of nitro groups is 2. The first kappa shape index (κ1) is 31.2. The number of aliphatic hydroxyl groups is 1. The number of allylic oxidation sites excluding steroid dienone is 2. The molecule has 0 aliphatic rings. The van der Waals surface area contributed by atoms with Crippen molar-refractivity contribution >= 4 is 17.3 Å². The van der Waals surface area contributed by atoms with Gasteiger partial charge < -0.3 is 19.3 Å². The number of hydrogen-bond donors (Lipinski definition) is 1. The number of esters is 1. The van der Waals surface area contributed by atoms with Crippen molar-refractivity contribution in [1.82, 2.24) is 0 Å². The third kappa shape index (κ3) is 8.23. The highest BCUT2D eigenvalue weighted by Crippen LogP contribution is 2.26. The maximum Gasteiger partial charge on any atom is 0.338 e. The molecule has 0 saturated carbocycles. The second-order valence-corrected chi connectivity index (χ2v) is 8.17. The highest BCUT2D eigenvalue weighted by atomic mass is 16.6. The highest BCUT2D eigenvalue weighted by Gasteiger charge is 2.21. The first-order chi connectivity index (χ1) is 19.2. The fourth-order valence-electron chi connectivity index (χ4n) is 3.79. The summed E-state index contributed by atoms with van der Waals surface area (Å²) in [6.45, 7) is 7.26. The van der Waals surface area contributed by atoms with Crippen LogP contribution in [0.5, 0.6) is 11.5 Å². The van der Waals surface area contributed by atoms with Crippen LogP contribution >= 0.6 is 0 Å². The summed E-state index contributed by atoms with van der Waals surface area (Å²) in [5, 5.41) is 30.9. The Kier molecular flexibility index (Phi) is 12.0. The van der Waals surface area contributed by atoms with Gasteiger partial charge >= 0.3 is 5.97 Å². The van der Waals surface area contributed by atoms with E-state index in [2.05, 4.69) is 13.2 Å². The van der Waals surface area contributed by atoms with E-state index in [-0.39, 0.29) is 18.8 Å². The molecule has 3 aromatic rings. The van der Waals surface area contributed by atoms with Crippen LogP contribution in [0.15, 0.2) is 79.9 Å². The van der Waals surface area contributed by atoms with Crippen molar-refractivity contribution in [3.63, 3.8) is 0 Å². The molecule has 0 amide bonds. The van der Waals surface area contributed by atoms with Gasteiger partial charge in [-0.3, -0.25) is 20.2 Å². The van der Waals surface area contributed by atoms with Crippen LogP contribution in [0.25, 0.3) is 0 Å². The Labute approximate surface area is 231 Å². The van der Waals surface area contributed by atoms with Gasteiger partial charge in [0.2, 0.25) is 0 Å². The van der Waals surface area contributed by atoms with Gasteiger partial charge in [-0.2, -0.15) is 0 Å². The predicted octanol–water partition coefficient (Wildman–Crippen LogP) is 5.51. The molecule has 3 aromatic carbocycles. The second-order valence-electron chi connectivity index (χ2n) is 8.17. The molecule has 3 rings (SSSR count). The molecule has 0 saturated heterocycles. The fraction of sp³-hybridized carbons (Fsp3) is 0.207. The number of ether oxygens (including phenoxy) is 3. The molecule has 0 aromatic heterocycles. The van der Waals surface area contributed by atoms with Crippen molar-refractivity contribution in [3.8, 4) is 11.5 Å². The van der Waals surface area contributed by atoms with Crippen molar-refractivity contribution < 1.29 is 34.0 Å². The lowest BCUT2D eigenvalue weighted by Crippen LogP contribution is -2.08. The topological polar surface area (TPSA) is 151 Å². The number of non-ortho nitro benzene ring substituents is 2. The van der Waals surface area contributed by atoms with Crippen molar-refractivity contribution in [2.45, 2.75) is 26.1 Å². The van der Waals surface area contributed by atoms with Crippen LogP contribution in [-0.2, 0) is 30.8 Å². The molecule has 0 aliphatic heterocycles. The fourth-order valence-corrected chi connectivity index (χ4v) is 3.79. The van der Waals surface area contributed by atoms with E-state index in [1.807, 2.05) is 18.2 Å². The Morgan fingerprint density at radius 2 is 1.32 bits per heavy atom. The number of carbonyl (C=O) groups is 1. The molecule has 40 heavy (non-hydrogen) atoms. The van der Waals surface area contributed by atoms with Gasteiger partial charge in [0, 0.05) is 23.3 Å². The summed E-state index contributed by atoms with van der Waals surface area (Å²) in [6, 6.07) is 13.5. The van der Waals surface area contributed by atoms with Crippen molar-refractivity contribution in [3.05, 3.63) is 128 Å². The van der Waals surface area contributed by atoms with Gasteiger partial charge in [-0.15, -0.1) is 13.2 Å². The molecule has 0 spiro atoms. The maximum atomic E-state index is 12.3. The molecule has 210 valence electrons. The molecule has 0 unspecified atom stereocenters. The summed E-state index contributed by atoms with van der Waals surface area (Å²) in [4.78, 5) is 32.5. The number of methoxy groups -OCH3 is 2. The molecule has 0 aliphatic carbocycles. The van der Waals surface area contributed by atoms with Crippen LogP contribution in [0.4, 0.5) is 11.4 Å². The molecule has 11 heteroatoms. The molecular weight excluding hydrogens is 520 g/mol. The SMILES string of the molecule is C=CCc1c(CO)cccc1OC.C=CCc1c(COC(=O)c2cc([N+](=O)[O-])cc([N+](=O)[O-])c2)cccc1OC. The average Bonchev–Trinajstić information content (AvgIpc) is 2.96. The van der Waals surface area contributed by atoms with Gasteiger partial charge in [-0.1, -0.05) is 36.4 Å². The predicted molar refractivity (Wildman–Crippen MR) is 149 cm³/mol. The molecule has 0 heterocycles.